The fourth-order valence-electron chi connectivity index (χ4n) is 2.58. The average Bonchev–Trinajstić information content (AvgIpc) is 2.70. The van der Waals surface area contributed by atoms with Gasteiger partial charge in [0.15, 0.2) is 6.61 Å². The number of anilines is 2. The van der Waals surface area contributed by atoms with Crippen molar-refractivity contribution in [2.75, 3.05) is 17.2 Å². The molecule has 0 unspecified atom stereocenters. The fourth-order valence-corrected chi connectivity index (χ4v) is 3.20. The molecule has 2 aromatic rings. The highest BCUT2D eigenvalue weighted by Crippen LogP contribution is 2.31. The number of nitrogens with one attached hydrogen (secondary N) is 2. The van der Waals surface area contributed by atoms with E-state index >= 15 is 0 Å². The van der Waals surface area contributed by atoms with Gasteiger partial charge >= 0.3 is 12.1 Å². The van der Waals surface area contributed by atoms with Crippen LogP contribution in [0.2, 0.25) is 5.02 Å². The number of esters is 1. The van der Waals surface area contributed by atoms with Crippen LogP contribution in [-0.4, -0.2) is 24.4 Å². The Balaban J connectivity index is 1.71. The highest BCUT2D eigenvalue weighted by Gasteiger charge is 2.30. The average molecular weight is 536 g/mol. The number of carbonyl (C=O) groups is 3. The molecular formula is C21H19BrClF3N2O4. The van der Waals surface area contributed by atoms with E-state index in [0.717, 1.165) is 17.7 Å². The first-order chi connectivity index (χ1) is 15.0. The molecule has 6 nitrogen and oxygen atoms in total. The molecule has 0 saturated heterocycles. The zero-order chi connectivity index (χ0) is 23.9. The molecule has 2 amide bonds. The summed E-state index contributed by atoms with van der Waals surface area (Å²) in [6.45, 7) is 1.26. The molecule has 11 heteroatoms. The van der Waals surface area contributed by atoms with E-state index in [0.29, 0.717) is 15.2 Å². The fraction of sp³-hybridized carbons (Fsp3) is 0.286. The second-order valence-electron chi connectivity index (χ2n) is 6.77. The Bertz CT molecular complexity index is 1020. The van der Waals surface area contributed by atoms with Crippen LogP contribution < -0.4 is 10.6 Å². The van der Waals surface area contributed by atoms with Gasteiger partial charge in [-0.2, -0.15) is 13.2 Å². The van der Waals surface area contributed by atoms with E-state index in [1.807, 2.05) is 0 Å². The largest absolute Gasteiger partial charge is 0.456 e. The third-order valence-electron chi connectivity index (χ3n) is 4.16. The molecule has 0 radical (unpaired) electrons. The van der Waals surface area contributed by atoms with Crippen molar-refractivity contribution in [3.05, 3.63) is 57.0 Å². The predicted molar refractivity (Wildman–Crippen MR) is 117 cm³/mol. The van der Waals surface area contributed by atoms with Gasteiger partial charge in [-0.25, -0.2) is 0 Å². The summed E-state index contributed by atoms with van der Waals surface area (Å²) >= 11 is 9.26. The SMILES string of the molecule is Cc1cc(Br)c(Cl)cc1NC(=O)COC(=O)CCCC(=O)Nc1cccc(C(F)(F)F)c1. The molecule has 0 aliphatic rings. The van der Waals surface area contributed by atoms with Crippen LogP contribution >= 0.6 is 27.5 Å². The van der Waals surface area contributed by atoms with Gasteiger partial charge in [0.25, 0.3) is 5.91 Å². The summed E-state index contributed by atoms with van der Waals surface area (Å²) in [5, 5.41) is 5.34. The van der Waals surface area contributed by atoms with E-state index in [4.69, 9.17) is 16.3 Å². The summed E-state index contributed by atoms with van der Waals surface area (Å²) in [4.78, 5) is 35.6. The number of carbonyl (C=O) groups excluding carboxylic acids is 3. The molecule has 0 saturated carbocycles. The number of amides is 2. The second kappa shape index (κ2) is 11.3. The first-order valence-corrected chi connectivity index (χ1v) is 10.5. The van der Waals surface area contributed by atoms with Crippen molar-refractivity contribution >= 4 is 56.7 Å². The Hall–Kier alpha value is -2.59. The van der Waals surface area contributed by atoms with Crippen molar-refractivity contribution in [2.24, 2.45) is 0 Å². The van der Waals surface area contributed by atoms with Crippen molar-refractivity contribution in [1.29, 1.82) is 0 Å². The van der Waals surface area contributed by atoms with Gasteiger partial charge in [0.1, 0.15) is 0 Å². The number of aryl methyl sites for hydroxylation is 1. The molecule has 0 heterocycles. The number of ether oxygens (including phenoxy) is 1. The standard InChI is InChI=1S/C21H19BrClF3N2O4/c1-12-8-15(22)16(23)10-17(12)28-19(30)11-32-20(31)7-3-6-18(29)27-14-5-2-4-13(9-14)21(24,25)26/h2,4-5,8-10H,3,6-7,11H2,1H3,(H,27,29)(H,28,30). The molecule has 32 heavy (non-hydrogen) atoms. The molecule has 0 aliphatic carbocycles. The van der Waals surface area contributed by atoms with Gasteiger partial charge < -0.3 is 15.4 Å². The third kappa shape index (κ3) is 8.16. The molecule has 2 aromatic carbocycles. The first-order valence-electron chi connectivity index (χ1n) is 9.34. The maximum absolute atomic E-state index is 12.7. The van der Waals surface area contributed by atoms with Crippen molar-refractivity contribution in [3.63, 3.8) is 0 Å². The Kier molecular flexibility index (Phi) is 9.09. The molecule has 0 spiro atoms. The minimum Gasteiger partial charge on any atom is -0.456 e. The third-order valence-corrected chi connectivity index (χ3v) is 5.36. The minimum atomic E-state index is -4.51. The van der Waals surface area contributed by atoms with Crippen molar-refractivity contribution in [3.8, 4) is 0 Å². The summed E-state index contributed by atoms with van der Waals surface area (Å²) < 4.78 is 43.7. The summed E-state index contributed by atoms with van der Waals surface area (Å²) in [7, 11) is 0. The van der Waals surface area contributed by atoms with E-state index in [1.54, 1.807) is 19.1 Å². The number of hydrogen-bond donors (Lipinski definition) is 2. The summed E-state index contributed by atoms with van der Waals surface area (Å²) in [5.74, 6) is -1.78. The molecule has 0 atom stereocenters. The molecule has 0 aliphatic heterocycles. The number of alkyl halides is 3. The van der Waals surface area contributed by atoms with Crippen LogP contribution in [0.5, 0.6) is 0 Å². The lowest BCUT2D eigenvalue weighted by Crippen LogP contribution is -2.21. The van der Waals surface area contributed by atoms with Crippen LogP contribution in [0.4, 0.5) is 24.5 Å². The molecule has 2 rings (SSSR count). The van der Waals surface area contributed by atoms with Gasteiger partial charge in [0, 0.05) is 28.7 Å². The van der Waals surface area contributed by atoms with E-state index in [-0.39, 0.29) is 24.9 Å². The van der Waals surface area contributed by atoms with Gasteiger partial charge in [0.2, 0.25) is 5.91 Å². The lowest BCUT2D eigenvalue weighted by molar-refractivity contribution is -0.147. The van der Waals surface area contributed by atoms with Crippen molar-refractivity contribution in [2.45, 2.75) is 32.4 Å². The first kappa shape index (κ1) is 25.7. The zero-order valence-electron chi connectivity index (χ0n) is 16.8. The molecule has 2 N–H and O–H groups in total. The Morgan fingerprint density at radius 1 is 1.06 bits per heavy atom. The van der Waals surface area contributed by atoms with Crippen molar-refractivity contribution < 1.29 is 32.3 Å². The minimum absolute atomic E-state index is 0.00686. The Morgan fingerprint density at radius 3 is 2.47 bits per heavy atom. The van der Waals surface area contributed by atoms with E-state index < -0.39 is 36.1 Å². The number of halogens is 5. The van der Waals surface area contributed by atoms with E-state index in [9.17, 15) is 27.6 Å². The van der Waals surface area contributed by atoms with Gasteiger partial charge in [-0.05, 0) is 65.2 Å². The number of benzene rings is 2. The second-order valence-corrected chi connectivity index (χ2v) is 8.03. The summed E-state index contributed by atoms with van der Waals surface area (Å²) in [5.41, 5.74) is 0.364. The van der Waals surface area contributed by atoms with Crippen LogP contribution in [0.15, 0.2) is 40.9 Å². The Labute approximate surface area is 195 Å². The smallest absolute Gasteiger partial charge is 0.416 e. The van der Waals surface area contributed by atoms with Crippen LogP contribution in [0.1, 0.15) is 30.4 Å². The zero-order valence-corrected chi connectivity index (χ0v) is 19.2. The van der Waals surface area contributed by atoms with Gasteiger partial charge in [-0.3, -0.25) is 14.4 Å². The monoisotopic (exact) mass is 534 g/mol. The summed E-state index contributed by atoms with van der Waals surface area (Å²) in [6, 6.07) is 7.53. The van der Waals surface area contributed by atoms with E-state index in [2.05, 4.69) is 26.6 Å². The van der Waals surface area contributed by atoms with Crippen molar-refractivity contribution in [1.82, 2.24) is 0 Å². The van der Waals surface area contributed by atoms with Gasteiger partial charge in [-0.15, -0.1) is 0 Å². The molecule has 0 aromatic heterocycles. The molecule has 0 fully saturated rings. The number of hydrogen-bond acceptors (Lipinski definition) is 4. The predicted octanol–water partition coefficient (Wildman–Crippen LogP) is 5.72. The maximum atomic E-state index is 12.7. The molecular weight excluding hydrogens is 517 g/mol. The summed E-state index contributed by atoms with van der Waals surface area (Å²) in [6.07, 6.45) is -4.65. The van der Waals surface area contributed by atoms with E-state index in [1.165, 1.54) is 12.1 Å². The lowest BCUT2D eigenvalue weighted by atomic mass is 10.2. The maximum Gasteiger partial charge on any atom is 0.416 e. The highest BCUT2D eigenvalue weighted by atomic mass is 79.9. The Morgan fingerprint density at radius 2 is 1.78 bits per heavy atom. The van der Waals surface area contributed by atoms with Crippen LogP contribution in [0.25, 0.3) is 0 Å². The topological polar surface area (TPSA) is 84.5 Å². The molecule has 0 bridgehead atoms. The van der Waals surface area contributed by atoms with Crippen LogP contribution in [0.3, 0.4) is 0 Å². The normalized spacial score (nSPS) is 11.1. The van der Waals surface area contributed by atoms with Gasteiger partial charge in [-0.1, -0.05) is 17.7 Å². The van der Waals surface area contributed by atoms with Crippen LogP contribution in [-0.2, 0) is 25.3 Å². The van der Waals surface area contributed by atoms with Gasteiger partial charge in [0.05, 0.1) is 10.6 Å². The lowest BCUT2D eigenvalue weighted by Gasteiger charge is -2.11. The quantitative estimate of drug-likeness (QED) is 0.424. The number of rotatable bonds is 8. The highest BCUT2D eigenvalue weighted by molar-refractivity contribution is 9.10. The molecule has 172 valence electrons. The van der Waals surface area contributed by atoms with Crippen LogP contribution in [0, 0.1) is 6.92 Å².